The van der Waals surface area contributed by atoms with Crippen LogP contribution >= 0.6 is 0 Å². The number of hydrogen-bond donors (Lipinski definition) is 2. The van der Waals surface area contributed by atoms with Crippen molar-refractivity contribution in [3.8, 4) is 0 Å². The summed E-state index contributed by atoms with van der Waals surface area (Å²) in [5.74, 6) is 0. The lowest BCUT2D eigenvalue weighted by molar-refractivity contribution is 0.285. The topological polar surface area (TPSA) is 41.3 Å². The second-order valence-corrected chi connectivity index (χ2v) is 5.10. The molecule has 82 valence electrons. The Bertz CT molecular complexity index is 189. The maximum absolute atomic E-state index is 5.92. The molecule has 1 atom stereocenters. The minimum atomic E-state index is 0.226. The Morgan fingerprint density at radius 2 is 2.14 bits per heavy atom. The lowest BCUT2D eigenvalue weighted by atomic mass is 9.97. The van der Waals surface area contributed by atoms with E-state index in [1.807, 2.05) is 0 Å². The molecule has 0 amide bonds. The highest BCUT2D eigenvalue weighted by molar-refractivity contribution is 4.99. The first-order valence-electron chi connectivity index (χ1n) is 5.90. The van der Waals surface area contributed by atoms with E-state index in [-0.39, 0.29) is 5.54 Å². The van der Waals surface area contributed by atoms with Gasteiger partial charge in [-0.3, -0.25) is 0 Å². The van der Waals surface area contributed by atoms with Crippen LogP contribution in [0.4, 0.5) is 0 Å². The molecule has 2 fully saturated rings. The van der Waals surface area contributed by atoms with Gasteiger partial charge in [0, 0.05) is 24.7 Å². The zero-order valence-corrected chi connectivity index (χ0v) is 9.26. The van der Waals surface area contributed by atoms with Gasteiger partial charge in [-0.05, 0) is 32.9 Å². The molecule has 1 aliphatic carbocycles. The van der Waals surface area contributed by atoms with Crippen molar-refractivity contribution >= 4 is 0 Å². The van der Waals surface area contributed by atoms with Crippen molar-refractivity contribution in [1.29, 1.82) is 0 Å². The van der Waals surface area contributed by atoms with E-state index in [4.69, 9.17) is 5.73 Å². The number of nitrogens with one attached hydrogen (secondary N) is 1. The SMILES string of the molecule is CN1CCC(CN)(NC2CCCC2)C1. The van der Waals surface area contributed by atoms with Gasteiger partial charge in [0.15, 0.2) is 0 Å². The fourth-order valence-corrected chi connectivity index (χ4v) is 2.93. The molecule has 1 unspecified atom stereocenters. The van der Waals surface area contributed by atoms with Crippen LogP contribution in [-0.4, -0.2) is 43.2 Å². The molecule has 0 bridgehead atoms. The number of likely N-dealkylation sites (N-methyl/N-ethyl adjacent to an activating group) is 1. The number of hydrogen-bond acceptors (Lipinski definition) is 3. The smallest absolute Gasteiger partial charge is 0.0446 e. The van der Waals surface area contributed by atoms with Crippen LogP contribution in [0.15, 0.2) is 0 Å². The second kappa shape index (κ2) is 4.17. The van der Waals surface area contributed by atoms with E-state index in [2.05, 4.69) is 17.3 Å². The monoisotopic (exact) mass is 197 g/mol. The first-order chi connectivity index (χ1) is 6.74. The number of rotatable bonds is 3. The van der Waals surface area contributed by atoms with Crippen molar-refractivity contribution in [2.45, 2.75) is 43.7 Å². The molecule has 1 saturated carbocycles. The maximum atomic E-state index is 5.92. The molecule has 0 aromatic rings. The highest BCUT2D eigenvalue weighted by atomic mass is 15.2. The first kappa shape index (κ1) is 10.4. The molecular formula is C11H23N3. The van der Waals surface area contributed by atoms with E-state index in [9.17, 15) is 0 Å². The van der Waals surface area contributed by atoms with E-state index in [0.29, 0.717) is 0 Å². The van der Waals surface area contributed by atoms with Gasteiger partial charge in [0.25, 0.3) is 0 Å². The van der Waals surface area contributed by atoms with Gasteiger partial charge in [0.2, 0.25) is 0 Å². The Balaban J connectivity index is 1.91. The zero-order chi connectivity index (χ0) is 10.0. The highest BCUT2D eigenvalue weighted by Gasteiger charge is 2.37. The fraction of sp³-hybridized carbons (Fsp3) is 1.00. The molecule has 3 heteroatoms. The largest absolute Gasteiger partial charge is 0.329 e. The Hall–Kier alpha value is -0.120. The average molecular weight is 197 g/mol. The van der Waals surface area contributed by atoms with Gasteiger partial charge in [-0.25, -0.2) is 0 Å². The molecule has 1 heterocycles. The van der Waals surface area contributed by atoms with Crippen molar-refractivity contribution in [3.63, 3.8) is 0 Å². The first-order valence-corrected chi connectivity index (χ1v) is 5.90. The van der Waals surface area contributed by atoms with Gasteiger partial charge in [0.1, 0.15) is 0 Å². The number of nitrogens with two attached hydrogens (primary N) is 1. The quantitative estimate of drug-likeness (QED) is 0.694. The molecule has 0 aromatic heterocycles. The third kappa shape index (κ3) is 2.10. The molecular weight excluding hydrogens is 174 g/mol. The van der Waals surface area contributed by atoms with Crippen LogP contribution in [0.3, 0.4) is 0 Å². The summed E-state index contributed by atoms with van der Waals surface area (Å²) in [4.78, 5) is 2.38. The van der Waals surface area contributed by atoms with Crippen molar-refractivity contribution in [2.24, 2.45) is 5.73 Å². The molecule has 14 heavy (non-hydrogen) atoms. The third-order valence-corrected chi connectivity index (χ3v) is 3.80. The third-order valence-electron chi connectivity index (χ3n) is 3.80. The van der Waals surface area contributed by atoms with E-state index in [1.54, 1.807) is 0 Å². The summed E-state index contributed by atoms with van der Waals surface area (Å²) in [6, 6.07) is 0.741. The average Bonchev–Trinajstić information content (AvgIpc) is 2.77. The summed E-state index contributed by atoms with van der Waals surface area (Å²) >= 11 is 0. The van der Waals surface area contributed by atoms with Crippen molar-refractivity contribution in [1.82, 2.24) is 10.2 Å². The van der Waals surface area contributed by atoms with E-state index >= 15 is 0 Å². The molecule has 0 spiro atoms. The predicted octanol–water partition coefficient (Wildman–Crippen LogP) is 0.552. The van der Waals surface area contributed by atoms with E-state index in [1.165, 1.54) is 38.6 Å². The molecule has 2 aliphatic rings. The van der Waals surface area contributed by atoms with E-state index < -0.39 is 0 Å². The fourth-order valence-electron chi connectivity index (χ4n) is 2.93. The van der Waals surface area contributed by atoms with Gasteiger partial charge < -0.3 is 16.0 Å². The Morgan fingerprint density at radius 3 is 2.64 bits per heavy atom. The molecule has 3 N–H and O–H groups in total. The summed E-state index contributed by atoms with van der Waals surface area (Å²) in [6.45, 7) is 3.10. The van der Waals surface area contributed by atoms with Crippen LogP contribution in [0.1, 0.15) is 32.1 Å². The normalized spacial score (nSPS) is 35.6. The number of nitrogens with zero attached hydrogens (tertiary/aromatic N) is 1. The molecule has 3 nitrogen and oxygen atoms in total. The van der Waals surface area contributed by atoms with E-state index in [0.717, 1.165) is 19.1 Å². The lowest BCUT2D eigenvalue weighted by Gasteiger charge is -2.32. The lowest BCUT2D eigenvalue weighted by Crippen LogP contribution is -2.56. The van der Waals surface area contributed by atoms with Crippen LogP contribution in [0.25, 0.3) is 0 Å². The summed E-state index contributed by atoms with van der Waals surface area (Å²) in [5.41, 5.74) is 6.15. The minimum absolute atomic E-state index is 0.226. The van der Waals surface area contributed by atoms with Crippen LogP contribution in [0.5, 0.6) is 0 Å². The van der Waals surface area contributed by atoms with Gasteiger partial charge in [-0.15, -0.1) is 0 Å². The molecule has 1 aliphatic heterocycles. The van der Waals surface area contributed by atoms with Crippen molar-refractivity contribution in [2.75, 3.05) is 26.7 Å². The Morgan fingerprint density at radius 1 is 1.43 bits per heavy atom. The second-order valence-electron chi connectivity index (χ2n) is 5.10. The Labute approximate surface area is 87.0 Å². The summed E-state index contributed by atoms with van der Waals surface area (Å²) in [5, 5.41) is 3.80. The number of likely N-dealkylation sites (tertiary alicyclic amines) is 1. The highest BCUT2D eigenvalue weighted by Crippen LogP contribution is 2.25. The van der Waals surface area contributed by atoms with Gasteiger partial charge in [-0.1, -0.05) is 12.8 Å². The summed E-state index contributed by atoms with van der Waals surface area (Å²) in [6.07, 6.45) is 6.72. The van der Waals surface area contributed by atoms with Gasteiger partial charge in [-0.2, -0.15) is 0 Å². The standard InChI is InChI=1S/C11H23N3/c1-14-7-6-11(8-12,9-14)13-10-4-2-3-5-10/h10,13H,2-9,12H2,1H3. The van der Waals surface area contributed by atoms with Gasteiger partial charge >= 0.3 is 0 Å². The summed E-state index contributed by atoms with van der Waals surface area (Å²) < 4.78 is 0. The van der Waals surface area contributed by atoms with Crippen molar-refractivity contribution < 1.29 is 0 Å². The minimum Gasteiger partial charge on any atom is -0.329 e. The molecule has 0 aromatic carbocycles. The van der Waals surface area contributed by atoms with Crippen LogP contribution in [0, 0.1) is 0 Å². The molecule has 2 rings (SSSR count). The van der Waals surface area contributed by atoms with Crippen LogP contribution in [-0.2, 0) is 0 Å². The predicted molar refractivity (Wildman–Crippen MR) is 59.3 cm³/mol. The maximum Gasteiger partial charge on any atom is 0.0446 e. The zero-order valence-electron chi connectivity index (χ0n) is 9.26. The Kier molecular flexibility index (Phi) is 3.10. The van der Waals surface area contributed by atoms with Crippen molar-refractivity contribution in [3.05, 3.63) is 0 Å². The van der Waals surface area contributed by atoms with Crippen LogP contribution in [0.2, 0.25) is 0 Å². The van der Waals surface area contributed by atoms with Gasteiger partial charge in [0.05, 0.1) is 0 Å². The van der Waals surface area contributed by atoms with Crippen LogP contribution < -0.4 is 11.1 Å². The molecule has 1 saturated heterocycles. The molecule has 0 radical (unpaired) electrons. The summed E-state index contributed by atoms with van der Waals surface area (Å²) in [7, 11) is 2.19.